The first-order valence-electron chi connectivity index (χ1n) is 9.57. The number of amides is 2. The first-order valence-corrected chi connectivity index (χ1v) is 9.57. The van der Waals surface area contributed by atoms with Crippen molar-refractivity contribution in [2.75, 3.05) is 38.7 Å². The highest BCUT2D eigenvalue weighted by atomic mass is 16.5. The van der Waals surface area contributed by atoms with Crippen LogP contribution in [-0.2, 0) is 25.6 Å². The minimum absolute atomic E-state index is 0.00317. The normalized spacial score (nSPS) is 20.9. The number of nitrogens with one attached hydrogen (secondary N) is 1. The highest BCUT2D eigenvalue weighted by Gasteiger charge is 2.40. The van der Waals surface area contributed by atoms with Crippen LogP contribution in [0.2, 0.25) is 0 Å². The second-order valence-corrected chi connectivity index (χ2v) is 7.42. The molecule has 2 aliphatic heterocycles. The van der Waals surface area contributed by atoms with Gasteiger partial charge in [-0.15, -0.1) is 0 Å². The Morgan fingerprint density at radius 2 is 2.00 bits per heavy atom. The first-order chi connectivity index (χ1) is 13.0. The number of ether oxygens (including phenoxy) is 2. The monoisotopic (exact) mass is 375 g/mol. The molecule has 7 nitrogen and oxygen atoms in total. The van der Waals surface area contributed by atoms with Gasteiger partial charge in [0.05, 0.1) is 0 Å². The molecule has 0 aliphatic carbocycles. The lowest BCUT2D eigenvalue weighted by atomic mass is 9.93. The van der Waals surface area contributed by atoms with Gasteiger partial charge in [0, 0.05) is 51.3 Å². The van der Waals surface area contributed by atoms with E-state index in [1.54, 1.807) is 7.11 Å². The standard InChI is InChI=1S/C20H29N3O4/c1-26-20(7-11-27-12-8-20)19(25)22-17-4-2-3-15(13-17)14-23-9-5-16(6-10-23)18(21)24/h2-4,13,16H,5-12,14H2,1H3,(H2,21,24)(H,22,25). The topological polar surface area (TPSA) is 93.9 Å². The quantitative estimate of drug-likeness (QED) is 0.786. The molecule has 0 aromatic heterocycles. The summed E-state index contributed by atoms with van der Waals surface area (Å²) >= 11 is 0. The Morgan fingerprint density at radius 1 is 1.30 bits per heavy atom. The highest BCUT2D eigenvalue weighted by Crippen LogP contribution is 2.27. The Hall–Kier alpha value is -1.96. The van der Waals surface area contributed by atoms with Crippen molar-refractivity contribution in [2.24, 2.45) is 11.7 Å². The number of anilines is 1. The molecular formula is C20H29N3O4. The van der Waals surface area contributed by atoms with Crippen molar-refractivity contribution in [3.05, 3.63) is 29.8 Å². The third-order valence-corrected chi connectivity index (χ3v) is 5.69. The molecule has 0 bridgehead atoms. The summed E-state index contributed by atoms with van der Waals surface area (Å²) in [6, 6.07) is 7.89. The van der Waals surface area contributed by atoms with Gasteiger partial charge in [0.25, 0.3) is 5.91 Å². The van der Waals surface area contributed by atoms with Crippen LogP contribution < -0.4 is 11.1 Å². The molecular weight excluding hydrogens is 346 g/mol. The molecule has 0 radical (unpaired) electrons. The van der Waals surface area contributed by atoms with Crippen LogP contribution in [0.15, 0.2) is 24.3 Å². The van der Waals surface area contributed by atoms with E-state index >= 15 is 0 Å². The van der Waals surface area contributed by atoms with Gasteiger partial charge >= 0.3 is 0 Å². The second-order valence-electron chi connectivity index (χ2n) is 7.42. The van der Waals surface area contributed by atoms with Gasteiger partial charge in [0.15, 0.2) is 5.60 Å². The van der Waals surface area contributed by atoms with Crippen LogP contribution in [0.4, 0.5) is 5.69 Å². The lowest BCUT2D eigenvalue weighted by molar-refractivity contribution is -0.149. The number of likely N-dealkylation sites (tertiary alicyclic amines) is 1. The fourth-order valence-corrected chi connectivity index (χ4v) is 3.85. The Balaban J connectivity index is 1.59. The van der Waals surface area contributed by atoms with Gasteiger partial charge < -0.3 is 20.5 Å². The van der Waals surface area contributed by atoms with Gasteiger partial charge in [-0.1, -0.05) is 12.1 Å². The molecule has 2 aliphatic rings. The average molecular weight is 375 g/mol. The summed E-state index contributed by atoms with van der Waals surface area (Å²) in [5, 5.41) is 3.00. The number of hydrogen-bond donors (Lipinski definition) is 2. The summed E-state index contributed by atoms with van der Waals surface area (Å²) in [5.74, 6) is -0.316. The lowest BCUT2D eigenvalue weighted by Gasteiger charge is -2.34. The van der Waals surface area contributed by atoms with E-state index in [9.17, 15) is 9.59 Å². The maximum atomic E-state index is 12.8. The Kier molecular flexibility index (Phi) is 6.46. The molecule has 27 heavy (non-hydrogen) atoms. The molecule has 0 atom stereocenters. The van der Waals surface area contributed by atoms with Crippen LogP contribution in [0, 0.1) is 5.92 Å². The summed E-state index contributed by atoms with van der Waals surface area (Å²) in [6.45, 7) is 3.57. The number of hydrogen-bond acceptors (Lipinski definition) is 5. The molecule has 7 heteroatoms. The minimum atomic E-state index is -0.815. The Morgan fingerprint density at radius 3 is 2.63 bits per heavy atom. The van der Waals surface area contributed by atoms with E-state index in [-0.39, 0.29) is 17.7 Å². The Labute approximate surface area is 160 Å². The number of carbonyl (C=O) groups excluding carboxylic acids is 2. The lowest BCUT2D eigenvalue weighted by Crippen LogP contribution is -2.48. The van der Waals surface area contributed by atoms with E-state index in [1.807, 2.05) is 18.2 Å². The molecule has 3 N–H and O–H groups in total. The van der Waals surface area contributed by atoms with Crippen LogP contribution in [0.1, 0.15) is 31.2 Å². The van der Waals surface area contributed by atoms with E-state index in [1.165, 1.54) is 0 Å². The Bertz CT molecular complexity index is 665. The van der Waals surface area contributed by atoms with Crippen molar-refractivity contribution in [3.63, 3.8) is 0 Å². The predicted molar refractivity (Wildman–Crippen MR) is 102 cm³/mol. The fourth-order valence-electron chi connectivity index (χ4n) is 3.85. The molecule has 1 aromatic rings. The van der Waals surface area contributed by atoms with Gasteiger partial charge in [-0.25, -0.2) is 0 Å². The zero-order valence-electron chi connectivity index (χ0n) is 15.9. The van der Waals surface area contributed by atoms with E-state index in [2.05, 4.69) is 16.3 Å². The van der Waals surface area contributed by atoms with Crippen molar-refractivity contribution < 1.29 is 19.1 Å². The number of nitrogens with two attached hydrogens (primary N) is 1. The van der Waals surface area contributed by atoms with Gasteiger partial charge in [0.2, 0.25) is 5.91 Å². The van der Waals surface area contributed by atoms with Crippen LogP contribution in [0.3, 0.4) is 0 Å². The SMILES string of the molecule is COC1(C(=O)Nc2cccc(CN3CCC(C(N)=O)CC3)c2)CCOCC1. The zero-order chi connectivity index (χ0) is 19.3. The number of benzene rings is 1. The number of primary amides is 1. The van der Waals surface area contributed by atoms with E-state index in [4.69, 9.17) is 15.2 Å². The number of methoxy groups -OCH3 is 1. The van der Waals surface area contributed by atoms with E-state index in [0.29, 0.717) is 26.1 Å². The second kappa shape index (κ2) is 8.82. The maximum Gasteiger partial charge on any atom is 0.256 e. The third kappa shape index (κ3) is 4.86. The largest absolute Gasteiger partial charge is 0.381 e. The number of carbonyl (C=O) groups is 2. The fraction of sp³-hybridized carbons (Fsp3) is 0.600. The van der Waals surface area contributed by atoms with Gasteiger partial charge in [0.1, 0.15) is 0 Å². The molecule has 1 aromatic carbocycles. The molecule has 2 heterocycles. The molecule has 2 fully saturated rings. The van der Waals surface area contributed by atoms with Crippen molar-refractivity contribution in [2.45, 2.75) is 37.8 Å². The van der Waals surface area contributed by atoms with Crippen molar-refractivity contribution in [1.29, 1.82) is 0 Å². The third-order valence-electron chi connectivity index (χ3n) is 5.69. The molecule has 0 spiro atoms. The molecule has 0 unspecified atom stereocenters. The molecule has 3 rings (SSSR count). The molecule has 2 amide bonds. The summed E-state index contributed by atoms with van der Waals surface area (Å²) in [6.07, 6.45) is 2.74. The molecule has 2 saturated heterocycles. The van der Waals surface area contributed by atoms with Crippen molar-refractivity contribution in [1.82, 2.24) is 4.90 Å². The van der Waals surface area contributed by atoms with Gasteiger partial charge in [-0.05, 0) is 43.6 Å². The number of nitrogens with zero attached hydrogens (tertiary/aromatic N) is 1. The summed E-state index contributed by atoms with van der Waals surface area (Å²) < 4.78 is 10.9. The summed E-state index contributed by atoms with van der Waals surface area (Å²) in [5.41, 5.74) is 6.48. The van der Waals surface area contributed by atoms with Crippen molar-refractivity contribution in [3.8, 4) is 0 Å². The zero-order valence-corrected chi connectivity index (χ0v) is 15.9. The number of rotatable bonds is 6. The molecule has 0 saturated carbocycles. The summed E-state index contributed by atoms with van der Waals surface area (Å²) in [7, 11) is 1.58. The first kappa shape index (κ1) is 19.8. The van der Waals surface area contributed by atoms with E-state index < -0.39 is 5.60 Å². The van der Waals surface area contributed by atoms with Gasteiger partial charge in [-0.3, -0.25) is 14.5 Å². The van der Waals surface area contributed by atoms with E-state index in [0.717, 1.165) is 43.7 Å². The predicted octanol–water partition coefficient (Wildman–Crippen LogP) is 1.52. The van der Waals surface area contributed by atoms with Crippen LogP contribution in [-0.4, -0.2) is 55.7 Å². The maximum absolute atomic E-state index is 12.8. The van der Waals surface area contributed by atoms with Crippen LogP contribution in [0.5, 0.6) is 0 Å². The minimum Gasteiger partial charge on any atom is -0.381 e. The molecule has 148 valence electrons. The average Bonchev–Trinajstić information content (AvgIpc) is 2.69. The van der Waals surface area contributed by atoms with Crippen LogP contribution >= 0.6 is 0 Å². The van der Waals surface area contributed by atoms with Gasteiger partial charge in [-0.2, -0.15) is 0 Å². The van der Waals surface area contributed by atoms with Crippen LogP contribution in [0.25, 0.3) is 0 Å². The highest BCUT2D eigenvalue weighted by molar-refractivity contribution is 5.97. The number of piperidine rings is 1. The van der Waals surface area contributed by atoms with Crippen molar-refractivity contribution >= 4 is 17.5 Å². The smallest absolute Gasteiger partial charge is 0.256 e. The summed E-state index contributed by atoms with van der Waals surface area (Å²) in [4.78, 5) is 26.4.